The Hall–Kier alpha value is -0.280. The highest BCUT2D eigenvalue weighted by Crippen LogP contribution is 1.31. The van der Waals surface area contributed by atoms with E-state index in [0.29, 0.717) is 0 Å². The molecule has 0 unspecified atom stereocenters. The predicted octanol–water partition coefficient (Wildman–Crippen LogP) is -5.48. The molecule has 0 rings (SSSR count). The summed E-state index contributed by atoms with van der Waals surface area (Å²) in [7, 11) is 6.25. The molecule has 0 aromatic rings. The van der Waals surface area contributed by atoms with Crippen LogP contribution >= 0.6 is 0 Å². The maximum atomic E-state index is 8.89. The zero-order chi connectivity index (χ0) is 7.15. The Kier molecular flexibility index (Phi) is 18.8. The third-order valence-corrected chi connectivity index (χ3v) is 0. The number of carbonyl (C=O) groups is 1. The van der Waals surface area contributed by atoms with Crippen molar-refractivity contribution in [2.75, 3.05) is 21.1 Å². The Morgan fingerprint density at radius 2 is 1.33 bits per heavy atom. The van der Waals surface area contributed by atoms with Crippen molar-refractivity contribution >= 4 is 5.97 Å². The molecule has 4 heteroatoms. The molecule has 3 nitrogen and oxygen atoms in total. The van der Waals surface area contributed by atoms with E-state index in [9.17, 15) is 0 Å². The number of hydrogen-bond donors (Lipinski definition) is 1. The molecule has 0 amide bonds. The van der Waals surface area contributed by atoms with Gasteiger partial charge < -0.3 is 27.2 Å². The Morgan fingerprint density at radius 1 is 1.33 bits per heavy atom. The van der Waals surface area contributed by atoms with Crippen LogP contribution in [0.5, 0.6) is 0 Å². The standard InChI is InChI=1S/C3H9N.C2H4O2.ClH/c1-4(2)3;1-2(3)4;/h1-3H3;1H3,(H,3,4);1H/p-1. The molecule has 0 heterocycles. The van der Waals surface area contributed by atoms with E-state index in [1.165, 1.54) is 4.90 Å². The van der Waals surface area contributed by atoms with E-state index in [0.717, 1.165) is 6.92 Å². The van der Waals surface area contributed by atoms with E-state index in [2.05, 4.69) is 21.1 Å². The van der Waals surface area contributed by atoms with Crippen LogP contribution < -0.4 is 22.4 Å². The summed E-state index contributed by atoms with van der Waals surface area (Å²) in [6.45, 7) is 0.972. The zero-order valence-electron chi connectivity index (χ0n) is 6.19. The van der Waals surface area contributed by atoms with E-state index in [1.54, 1.807) is 0 Å². The second-order valence-corrected chi connectivity index (χ2v) is 1.99. The maximum Gasteiger partial charge on any atom is 0.0661 e. The number of carboxylic acid groups (broad SMARTS) is 1. The van der Waals surface area contributed by atoms with Crippen molar-refractivity contribution in [2.24, 2.45) is 0 Å². The average Bonchev–Trinajstić information content (AvgIpc) is 1.25. The fourth-order valence-corrected chi connectivity index (χ4v) is 0. The van der Waals surface area contributed by atoms with Gasteiger partial charge in [0.25, 0.3) is 0 Å². The highest BCUT2D eigenvalue weighted by atomic mass is 35.5. The molecule has 0 fully saturated rings. The normalized spacial score (nSPS) is 6.78. The molecule has 0 aliphatic heterocycles. The highest BCUT2D eigenvalue weighted by Gasteiger charge is 1.61. The van der Waals surface area contributed by atoms with Gasteiger partial charge in [0.1, 0.15) is 0 Å². The van der Waals surface area contributed by atoms with Gasteiger partial charge in [0.15, 0.2) is 0 Å². The second-order valence-electron chi connectivity index (χ2n) is 1.99. The van der Waals surface area contributed by atoms with Gasteiger partial charge in [0, 0.05) is 5.97 Å². The summed E-state index contributed by atoms with van der Waals surface area (Å²) >= 11 is 0. The van der Waals surface area contributed by atoms with Crippen LogP contribution in [-0.4, -0.2) is 27.1 Å². The molecule has 0 bridgehead atoms. The molecular formula is C5H13ClNO2-. The summed E-state index contributed by atoms with van der Waals surface area (Å²) in [6.07, 6.45) is 0. The van der Waals surface area contributed by atoms with Gasteiger partial charge in [-0.2, -0.15) is 0 Å². The van der Waals surface area contributed by atoms with Crippen LogP contribution in [0.4, 0.5) is 0 Å². The Bertz CT molecular complexity index is 59.2. The van der Waals surface area contributed by atoms with Gasteiger partial charge in [-0.05, 0) is 6.92 Å². The minimum Gasteiger partial charge on any atom is -1.00 e. The number of quaternary nitrogens is 1. The third kappa shape index (κ3) is 3220. The lowest BCUT2D eigenvalue weighted by Gasteiger charge is -1.88. The van der Waals surface area contributed by atoms with Crippen molar-refractivity contribution in [3.8, 4) is 0 Å². The molecule has 0 saturated carbocycles. The minimum atomic E-state index is -1.08. The SMILES string of the molecule is CC(=O)[O-].C[NH+](C)C.[Cl-]. The van der Waals surface area contributed by atoms with E-state index < -0.39 is 5.97 Å². The number of hydrogen-bond acceptors (Lipinski definition) is 2. The summed E-state index contributed by atoms with van der Waals surface area (Å²) in [6, 6.07) is 0. The number of carboxylic acids is 1. The molecule has 0 atom stereocenters. The molecule has 0 saturated heterocycles. The molecule has 0 radical (unpaired) electrons. The summed E-state index contributed by atoms with van der Waals surface area (Å²) < 4.78 is 0. The number of halogens is 1. The first-order valence-electron chi connectivity index (χ1n) is 2.41. The Morgan fingerprint density at radius 3 is 1.33 bits per heavy atom. The highest BCUT2D eigenvalue weighted by molar-refractivity contribution is 5.60. The largest absolute Gasteiger partial charge is 1.00 e. The van der Waals surface area contributed by atoms with Crippen LogP contribution in [0.1, 0.15) is 6.92 Å². The number of aliphatic carboxylic acids is 1. The van der Waals surface area contributed by atoms with Crippen molar-refractivity contribution in [1.82, 2.24) is 0 Å². The number of rotatable bonds is 0. The maximum absolute atomic E-state index is 8.89. The van der Waals surface area contributed by atoms with Crippen LogP contribution in [0.2, 0.25) is 0 Å². The fraction of sp³-hybridized carbons (Fsp3) is 0.800. The van der Waals surface area contributed by atoms with Gasteiger partial charge in [-0.1, -0.05) is 0 Å². The van der Waals surface area contributed by atoms with E-state index in [1.807, 2.05) is 0 Å². The van der Waals surface area contributed by atoms with Crippen LogP contribution in [0.15, 0.2) is 0 Å². The van der Waals surface area contributed by atoms with Crippen LogP contribution in [0, 0.1) is 0 Å². The van der Waals surface area contributed by atoms with Crippen LogP contribution in [0.3, 0.4) is 0 Å². The fourth-order valence-electron chi connectivity index (χ4n) is 0. The molecule has 0 aliphatic rings. The summed E-state index contributed by atoms with van der Waals surface area (Å²) in [5.41, 5.74) is 0. The molecule has 0 aliphatic carbocycles. The topological polar surface area (TPSA) is 44.6 Å². The van der Waals surface area contributed by atoms with Crippen molar-refractivity contribution in [1.29, 1.82) is 0 Å². The van der Waals surface area contributed by atoms with Crippen molar-refractivity contribution in [3.63, 3.8) is 0 Å². The Balaban J connectivity index is -0.0000000720. The van der Waals surface area contributed by atoms with Crippen molar-refractivity contribution in [3.05, 3.63) is 0 Å². The summed E-state index contributed by atoms with van der Waals surface area (Å²) in [4.78, 5) is 10.3. The quantitative estimate of drug-likeness (QED) is 0.379. The Labute approximate surface area is 62.1 Å². The van der Waals surface area contributed by atoms with E-state index >= 15 is 0 Å². The van der Waals surface area contributed by atoms with Gasteiger partial charge >= 0.3 is 0 Å². The molecule has 0 aromatic heterocycles. The van der Waals surface area contributed by atoms with Gasteiger partial charge in [0.05, 0.1) is 21.1 Å². The van der Waals surface area contributed by atoms with Gasteiger partial charge in [0.2, 0.25) is 0 Å². The lowest BCUT2D eigenvalue weighted by atomic mass is 10.9. The minimum absolute atomic E-state index is 0. The van der Waals surface area contributed by atoms with Crippen molar-refractivity contribution in [2.45, 2.75) is 6.92 Å². The molecule has 9 heavy (non-hydrogen) atoms. The van der Waals surface area contributed by atoms with Crippen molar-refractivity contribution < 1.29 is 27.2 Å². The molecule has 58 valence electrons. The summed E-state index contributed by atoms with van der Waals surface area (Å²) in [5, 5.41) is 8.89. The molecule has 0 spiro atoms. The smallest absolute Gasteiger partial charge is 0.0661 e. The van der Waals surface area contributed by atoms with Gasteiger partial charge in [-0.15, -0.1) is 0 Å². The zero-order valence-corrected chi connectivity index (χ0v) is 6.95. The number of carbonyl (C=O) groups excluding carboxylic acids is 1. The van der Waals surface area contributed by atoms with E-state index in [-0.39, 0.29) is 12.4 Å². The average molecular weight is 155 g/mol. The van der Waals surface area contributed by atoms with Gasteiger partial charge in [-0.25, -0.2) is 0 Å². The molecule has 0 aromatic carbocycles. The third-order valence-electron chi connectivity index (χ3n) is 0. The monoisotopic (exact) mass is 154 g/mol. The molecular weight excluding hydrogens is 142 g/mol. The lowest BCUT2D eigenvalue weighted by molar-refractivity contribution is -0.836. The summed E-state index contributed by atoms with van der Waals surface area (Å²) in [5.74, 6) is -1.08. The lowest BCUT2D eigenvalue weighted by Crippen LogP contribution is -3.02. The van der Waals surface area contributed by atoms with Crippen LogP contribution in [0.25, 0.3) is 0 Å². The first kappa shape index (κ1) is 15.9. The van der Waals surface area contributed by atoms with Crippen LogP contribution in [-0.2, 0) is 4.79 Å². The predicted molar refractivity (Wildman–Crippen MR) is 29.4 cm³/mol. The van der Waals surface area contributed by atoms with E-state index in [4.69, 9.17) is 9.90 Å². The molecule has 1 N–H and O–H groups in total. The second kappa shape index (κ2) is 10.7. The van der Waals surface area contributed by atoms with Gasteiger partial charge in [-0.3, -0.25) is 0 Å². The first-order valence-corrected chi connectivity index (χ1v) is 2.41. The number of nitrogens with one attached hydrogen (secondary N) is 1. The first-order chi connectivity index (χ1) is 3.46.